The number of benzene rings is 2. The maximum atomic E-state index is 11.8. The molecule has 2 N–H and O–H groups in total. The van der Waals surface area contributed by atoms with Crippen molar-refractivity contribution >= 4 is 27.7 Å². The van der Waals surface area contributed by atoms with Crippen LogP contribution in [0.3, 0.4) is 0 Å². The average molecular weight is 389 g/mol. The van der Waals surface area contributed by atoms with E-state index in [9.17, 15) is 4.79 Å². The van der Waals surface area contributed by atoms with E-state index in [0.717, 1.165) is 28.6 Å². The van der Waals surface area contributed by atoms with Crippen LogP contribution in [0, 0.1) is 6.92 Å². The Hall–Kier alpha value is -2.01. The molecule has 24 heavy (non-hydrogen) atoms. The molecule has 0 heterocycles. The third-order valence-electron chi connectivity index (χ3n) is 4.09. The lowest BCUT2D eigenvalue weighted by molar-refractivity contribution is 0.129. The summed E-state index contributed by atoms with van der Waals surface area (Å²) in [6.07, 6.45) is 1.47. The Labute approximate surface area is 150 Å². The number of hydrogen-bond acceptors (Lipinski definition) is 3. The molecule has 0 aliphatic heterocycles. The second kappa shape index (κ2) is 7.71. The molecule has 0 unspecified atom stereocenters. The van der Waals surface area contributed by atoms with Crippen molar-refractivity contribution in [3.8, 4) is 0 Å². The maximum Gasteiger partial charge on any atom is 0.407 e. The number of ether oxygens (including phenoxy) is 1. The molecule has 3 rings (SSSR count). The molecule has 1 saturated carbocycles. The molecule has 0 spiro atoms. The van der Waals surface area contributed by atoms with Gasteiger partial charge in [0.1, 0.15) is 6.61 Å². The maximum absolute atomic E-state index is 11.8. The molecule has 0 bridgehead atoms. The monoisotopic (exact) mass is 388 g/mol. The average Bonchev–Trinajstić information content (AvgIpc) is 2.51. The molecule has 2 aromatic rings. The van der Waals surface area contributed by atoms with Gasteiger partial charge >= 0.3 is 6.09 Å². The highest BCUT2D eigenvalue weighted by Crippen LogP contribution is 2.26. The van der Waals surface area contributed by atoms with E-state index in [1.54, 1.807) is 0 Å². The van der Waals surface area contributed by atoms with E-state index in [1.807, 2.05) is 30.3 Å². The molecule has 1 amide bonds. The number of rotatable bonds is 5. The molecule has 1 fully saturated rings. The van der Waals surface area contributed by atoms with Gasteiger partial charge in [-0.15, -0.1) is 0 Å². The van der Waals surface area contributed by atoms with Gasteiger partial charge in [-0.3, -0.25) is 0 Å². The van der Waals surface area contributed by atoms with Crippen LogP contribution in [-0.4, -0.2) is 18.2 Å². The molecular weight excluding hydrogens is 368 g/mol. The molecule has 4 nitrogen and oxygen atoms in total. The molecule has 0 radical (unpaired) electrons. The summed E-state index contributed by atoms with van der Waals surface area (Å²) in [7, 11) is 0. The Kier molecular flexibility index (Phi) is 5.41. The van der Waals surface area contributed by atoms with Crippen molar-refractivity contribution in [1.82, 2.24) is 5.32 Å². The Morgan fingerprint density at radius 1 is 1.17 bits per heavy atom. The van der Waals surface area contributed by atoms with Gasteiger partial charge in [0.15, 0.2) is 0 Å². The number of halogens is 1. The fourth-order valence-corrected chi connectivity index (χ4v) is 3.45. The Morgan fingerprint density at radius 3 is 2.62 bits per heavy atom. The number of alkyl carbamates (subject to hydrolysis) is 1. The van der Waals surface area contributed by atoms with Gasteiger partial charge in [0, 0.05) is 22.2 Å². The van der Waals surface area contributed by atoms with Gasteiger partial charge in [-0.05, 0) is 49.1 Å². The van der Waals surface area contributed by atoms with E-state index in [1.165, 1.54) is 5.56 Å². The number of anilines is 1. The highest BCUT2D eigenvalue weighted by molar-refractivity contribution is 9.10. The number of amides is 1. The Morgan fingerprint density at radius 2 is 1.92 bits per heavy atom. The molecule has 0 atom stereocenters. The fraction of sp³-hybridized carbons (Fsp3) is 0.316. The first kappa shape index (κ1) is 16.8. The smallest absolute Gasteiger partial charge is 0.407 e. The van der Waals surface area contributed by atoms with E-state index < -0.39 is 0 Å². The highest BCUT2D eigenvalue weighted by Gasteiger charge is 2.30. The van der Waals surface area contributed by atoms with Gasteiger partial charge in [-0.1, -0.05) is 46.3 Å². The summed E-state index contributed by atoms with van der Waals surface area (Å²) in [5.74, 6) is 0. The van der Waals surface area contributed by atoms with Crippen molar-refractivity contribution in [3.63, 3.8) is 0 Å². The first-order chi connectivity index (χ1) is 11.6. The van der Waals surface area contributed by atoms with Gasteiger partial charge in [-0.25, -0.2) is 4.79 Å². The minimum Gasteiger partial charge on any atom is -0.445 e. The summed E-state index contributed by atoms with van der Waals surface area (Å²) >= 11 is 3.51. The summed E-state index contributed by atoms with van der Waals surface area (Å²) in [5.41, 5.74) is 3.31. The van der Waals surface area contributed by atoms with Gasteiger partial charge in [0.05, 0.1) is 0 Å². The summed E-state index contributed by atoms with van der Waals surface area (Å²) in [5, 5.41) is 6.41. The number of nitrogens with one attached hydrogen (secondary N) is 2. The molecule has 5 heteroatoms. The van der Waals surface area contributed by atoms with Crippen molar-refractivity contribution in [3.05, 3.63) is 64.1 Å². The Bertz CT molecular complexity index is 680. The van der Waals surface area contributed by atoms with Crippen molar-refractivity contribution < 1.29 is 9.53 Å². The zero-order valence-corrected chi connectivity index (χ0v) is 15.2. The van der Waals surface area contributed by atoms with E-state index in [-0.39, 0.29) is 12.1 Å². The van der Waals surface area contributed by atoms with Crippen LogP contribution in [0.5, 0.6) is 0 Å². The minimum atomic E-state index is -0.347. The largest absolute Gasteiger partial charge is 0.445 e. The van der Waals surface area contributed by atoms with Crippen LogP contribution >= 0.6 is 15.9 Å². The molecule has 2 aromatic carbocycles. The summed E-state index contributed by atoms with van der Waals surface area (Å²) in [6.45, 7) is 2.38. The minimum absolute atomic E-state index is 0.180. The third kappa shape index (κ3) is 4.74. The van der Waals surface area contributed by atoms with Crippen LogP contribution in [0.25, 0.3) is 0 Å². The second-order valence-corrected chi connectivity index (χ2v) is 7.15. The van der Waals surface area contributed by atoms with E-state index >= 15 is 0 Å². The van der Waals surface area contributed by atoms with Gasteiger partial charge in [0.25, 0.3) is 0 Å². The third-order valence-corrected chi connectivity index (χ3v) is 4.54. The van der Waals surface area contributed by atoms with Crippen LogP contribution in [0.15, 0.2) is 53.0 Å². The topological polar surface area (TPSA) is 50.4 Å². The molecule has 126 valence electrons. The highest BCUT2D eigenvalue weighted by atomic mass is 79.9. The van der Waals surface area contributed by atoms with Crippen molar-refractivity contribution in [2.24, 2.45) is 0 Å². The molecule has 1 aliphatic rings. The van der Waals surface area contributed by atoms with Gasteiger partial charge < -0.3 is 15.4 Å². The summed E-state index contributed by atoms with van der Waals surface area (Å²) < 4.78 is 6.32. The van der Waals surface area contributed by atoms with Crippen LogP contribution in [0.1, 0.15) is 24.0 Å². The fourth-order valence-electron chi connectivity index (χ4n) is 2.84. The van der Waals surface area contributed by atoms with Gasteiger partial charge in [0.2, 0.25) is 0 Å². The lowest BCUT2D eigenvalue weighted by Crippen LogP contribution is -2.49. The predicted octanol–water partition coefficient (Wildman–Crippen LogP) is 4.63. The predicted molar refractivity (Wildman–Crippen MR) is 99.1 cm³/mol. The number of carbonyl (C=O) groups excluding carboxylic acids is 1. The molecule has 0 aromatic heterocycles. The second-order valence-electron chi connectivity index (χ2n) is 6.23. The van der Waals surface area contributed by atoms with Crippen molar-refractivity contribution in [1.29, 1.82) is 0 Å². The van der Waals surface area contributed by atoms with Gasteiger partial charge in [-0.2, -0.15) is 0 Å². The number of aryl methyl sites for hydroxylation is 1. The SMILES string of the molecule is Cc1cc(Br)cc(NC2CC(NC(=O)OCc3ccccc3)C2)c1. The first-order valence-electron chi connectivity index (χ1n) is 8.09. The zero-order chi connectivity index (χ0) is 16.9. The molecule has 1 aliphatic carbocycles. The van der Waals surface area contributed by atoms with Crippen molar-refractivity contribution in [2.45, 2.75) is 38.5 Å². The van der Waals surface area contributed by atoms with Crippen LogP contribution in [-0.2, 0) is 11.3 Å². The molecule has 0 saturated heterocycles. The molecular formula is C19H21BrN2O2. The van der Waals surface area contributed by atoms with E-state index in [0.29, 0.717) is 12.6 Å². The Balaban J connectivity index is 1.38. The standard InChI is InChI=1S/C19H21BrN2O2/c1-13-7-15(20)9-16(8-13)21-17-10-18(11-17)22-19(23)24-12-14-5-3-2-4-6-14/h2-9,17-18,21H,10-12H2,1H3,(H,22,23). The zero-order valence-electron chi connectivity index (χ0n) is 13.6. The van der Waals surface area contributed by atoms with Crippen molar-refractivity contribution in [2.75, 3.05) is 5.32 Å². The summed E-state index contributed by atoms with van der Waals surface area (Å²) in [4.78, 5) is 11.8. The van der Waals surface area contributed by atoms with E-state index in [4.69, 9.17) is 4.74 Å². The normalized spacial score (nSPS) is 19.2. The van der Waals surface area contributed by atoms with Crippen LogP contribution in [0.4, 0.5) is 10.5 Å². The number of carbonyl (C=O) groups is 1. The lowest BCUT2D eigenvalue weighted by Gasteiger charge is -2.36. The summed E-state index contributed by atoms with van der Waals surface area (Å²) in [6, 6.07) is 16.5. The van der Waals surface area contributed by atoms with Crippen LogP contribution < -0.4 is 10.6 Å². The first-order valence-corrected chi connectivity index (χ1v) is 8.89. The number of hydrogen-bond donors (Lipinski definition) is 2. The van der Waals surface area contributed by atoms with E-state index in [2.05, 4.69) is 51.7 Å². The van der Waals surface area contributed by atoms with Crippen LogP contribution in [0.2, 0.25) is 0 Å². The quantitative estimate of drug-likeness (QED) is 0.784. The lowest BCUT2D eigenvalue weighted by atomic mass is 9.86.